The van der Waals surface area contributed by atoms with Crippen molar-refractivity contribution >= 4 is 90.2 Å². The summed E-state index contributed by atoms with van der Waals surface area (Å²) in [5.41, 5.74) is 10.1. The van der Waals surface area contributed by atoms with Gasteiger partial charge < -0.3 is 48.7 Å². The normalized spacial score (nSPS) is 14.6. The highest BCUT2D eigenvalue weighted by atomic mass is 32.2. The lowest BCUT2D eigenvalue weighted by molar-refractivity contribution is -0.133. The average molecular weight is 722 g/mol. The average Bonchev–Trinajstić information content (AvgIpc) is 2.99. The van der Waals surface area contributed by atoms with Crippen LogP contribution in [0.2, 0.25) is 0 Å². The van der Waals surface area contributed by atoms with Crippen molar-refractivity contribution in [2.45, 2.75) is 70.4 Å². The lowest BCUT2D eigenvalue weighted by Crippen LogP contribution is -2.57. The number of rotatable bonds is 21. The quantitative estimate of drug-likeness (QED) is 0.0506. The molecule has 0 radical (unpaired) electrons. The first-order chi connectivity index (χ1) is 21.9. The molecule has 0 rings (SSSR count). The molecule has 0 aliphatic carbocycles. The van der Waals surface area contributed by atoms with E-state index in [1.54, 1.807) is 0 Å². The van der Waals surface area contributed by atoms with Crippen LogP contribution in [-0.4, -0.2) is 113 Å². The fourth-order valence-electron chi connectivity index (χ4n) is 3.14. The van der Waals surface area contributed by atoms with Crippen LogP contribution in [-0.2, 0) is 43.2 Å². The molecular weight excluding hydrogens is 679 g/mol. The summed E-state index contributed by atoms with van der Waals surface area (Å²) < 4.78 is 0. The molecule has 11 N–H and O–H groups in total. The molecule has 0 aromatic heterocycles. The molecule has 6 atom stereocenters. The van der Waals surface area contributed by atoms with E-state index in [2.05, 4.69) is 62.5 Å². The van der Waals surface area contributed by atoms with E-state index < -0.39 is 96.0 Å². The molecule has 21 heteroatoms. The number of hydrogen-bond acceptors (Lipinski definition) is 12. The standard InChI is InChI=1S/C26H43N9O9S3/c1-12(21(28)39)32-25(43)16(9-45)34-24(42)15(4)31-20(38)8-29-22(40)13(2)33-26(44)17(10-46)35-23(41)14(3)30-19(37)6-5-7-47-11-18(27)36/h5,7,12-17,45-46H,6,8-11H2,1-4H3,(H2,27,36)(H2,28,39)(H,29,40)(H,30,37)(H,31,38)(H,32,43)(H,33,44)(H,34,42)(H,35,41)/t12-,13-,14-,15-,16-,17-/m0/s1. The number of hydrogen-bond donors (Lipinski definition) is 11. The summed E-state index contributed by atoms with van der Waals surface area (Å²) in [6.07, 6.45) is 1.43. The predicted molar refractivity (Wildman–Crippen MR) is 180 cm³/mol. The molecule has 0 aromatic carbocycles. The second kappa shape index (κ2) is 22.5. The van der Waals surface area contributed by atoms with E-state index in [1.165, 1.54) is 39.2 Å². The Morgan fingerprint density at radius 1 is 0.617 bits per heavy atom. The molecule has 0 aliphatic heterocycles. The van der Waals surface area contributed by atoms with Crippen LogP contribution in [0.15, 0.2) is 11.5 Å². The van der Waals surface area contributed by atoms with E-state index in [0.29, 0.717) is 0 Å². The summed E-state index contributed by atoms with van der Waals surface area (Å²) in [5.74, 6) is -6.38. The Kier molecular flexibility index (Phi) is 20.6. The highest BCUT2D eigenvalue weighted by molar-refractivity contribution is 8.02. The van der Waals surface area contributed by atoms with Gasteiger partial charge in [0.25, 0.3) is 0 Å². The summed E-state index contributed by atoms with van der Waals surface area (Å²) in [7, 11) is 0. The smallest absolute Gasteiger partial charge is 0.244 e. The number of carbonyl (C=O) groups excluding carboxylic acids is 9. The highest BCUT2D eigenvalue weighted by Gasteiger charge is 2.27. The highest BCUT2D eigenvalue weighted by Crippen LogP contribution is 2.02. The minimum atomic E-state index is -1.17. The first kappa shape index (κ1) is 43.0. The largest absolute Gasteiger partial charge is 0.369 e. The van der Waals surface area contributed by atoms with Gasteiger partial charge in [-0.2, -0.15) is 25.3 Å². The summed E-state index contributed by atoms with van der Waals surface area (Å²) in [6, 6.07) is -6.58. The van der Waals surface area contributed by atoms with Crippen molar-refractivity contribution in [3.8, 4) is 0 Å². The molecule has 0 heterocycles. The molecule has 47 heavy (non-hydrogen) atoms. The summed E-state index contributed by atoms with van der Waals surface area (Å²) in [6.45, 7) is 4.87. The molecule has 0 saturated heterocycles. The van der Waals surface area contributed by atoms with Crippen molar-refractivity contribution in [2.24, 2.45) is 11.5 Å². The molecule has 264 valence electrons. The number of thioether (sulfide) groups is 1. The molecule has 0 bridgehead atoms. The van der Waals surface area contributed by atoms with Crippen molar-refractivity contribution in [3.05, 3.63) is 11.5 Å². The zero-order valence-corrected chi connectivity index (χ0v) is 28.9. The van der Waals surface area contributed by atoms with E-state index in [4.69, 9.17) is 11.5 Å². The first-order valence-electron chi connectivity index (χ1n) is 14.1. The van der Waals surface area contributed by atoms with Gasteiger partial charge in [-0.05, 0) is 33.1 Å². The fourth-order valence-corrected chi connectivity index (χ4v) is 4.15. The fraction of sp³-hybridized carbons (Fsp3) is 0.577. The zero-order chi connectivity index (χ0) is 36.3. The number of nitrogens with one attached hydrogen (secondary N) is 7. The lowest BCUT2D eigenvalue weighted by Gasteiger charge is -2.22. The van der Waals surface area contributed by atoms with E-state index in [9.17, 15) is 43.2 Å². The van der Waals surface area contributed by atoms with Crippen molar-refractivity contribution in [2.75, 3.05) is 23.8 Å². The van der Waals surface area contributed by atoms with Crippen LogP contribution in [0.25, 0.3) is 0 Å². The Balaban J connectivity index is 4.75. The van der Waals surface area contributed by atoms with Crippen LogP contribution >= 0.6 is 37.0 Å². The second-order valence-electron chi connectivity index (χ2n) is 10.00. The third kappa shape index (κ3) is 18.1. The van der Waals surface area contributed by atoms with E-state index >= 15 is 0 Å². The molecule has 0 spiro atoms. The van der Waals surface area contributed by atoms with Gasteiger partial charge in [-0.25, -0.2) is 0 Å². The molecule has 18 nitrogen and oxygen atoms in total. The van der Waals surface area contributed by atoms with Crippen LogP contribution in [0.5, 0.6) is 0 Å². The topological polar surface area (TPSA) is 290 Å². The number of amides is 9. The van der Waals surface area contributed by atoms with Gasteiger partial charge in [0.15, 0.2) is 0 Å². The van der Waals surface area contributed by atoms with Gasteiger partial charge in [-0.3, -0.25) is 43.2 Å². The van der Waals surface area contributed by atoms with E-state index in [-0.39, 0.29) is 23.7 Å². The summed E-state index contributed by atoms with van der Waals surface area (Å²) >= 11 is 9.18. The molecule has 0 fully saturated rings. The van der Waals surface area contributed by atoms with E-state index in [1.807, 2.05) is 0 Å². The molecular formula is C26H43N9O9S3. The SMILES string of the molecule is C[C@H](NC(=O)[C@H](CS)NC(=O)[C@H](C)NC(=O)CNC(=O)[C@H](C)NC(=O)[C@H](CS)NC(=O)[C@H](C)NC(=O)CC=CSCC(N)=O)C(N)=O. The van der Waals surface area contributed by atoms with Gasteiger partial charge in [-0.15, -0.1) is 11.8 Å². The van der Waals surface area contributed by atoms with Gasteiger partial charge in [0.2, 0.25) is 53.2 Å². The van der Waals surface area contributed by atoms with Crippen molar-refractivity contribution in [1.82, 2.24) is 37.2 Å². The lowest BCUT2D eigenvalue weighted by atomic mass is 10.2. The number of thiol groups is 2. The van der Waals surface area contributed by atoms with Crippen LogP contribution in [0, 0.1) is 0 Å². The van der Waals surface area contributed by atoms with Crippen LogP contribution in [0.3, 0.4) is 0 Å². The van der Waals surface area contributed by atoms with E-state index in [0.717, 1.165) is 11.8 Å². The zero-order valence-electron chi connectivity index (χ0n) is 26.3. The summed E-state index contributed by atoms with van der Waals surface area (Å²) in [5, 5.41) is 18.1. The minimum Gasteiger partial charge on any atom is -0.369 e. The van der Waals surface area contributed by atoms with Crippen molar-refractivity contribution in [1.29, 1.82) is 0 Å². The number of primary amides is 2. The van der Waals surface area contributed by atoms with Gasteiger partial charge in [-0.1, -0.05) is 6.08 Å². The Labute approximate surface area is 287 Å². The van der Waals surface area contributed by atoms with Gasteiger partial charge in [0, 0.05) is 17.9 Å². The third-order valence-corrected chi connectivity index (χ3v) is 7.42. The monoisotopic (exact) mass is 721 g/mol. The molecule has 0 unspecified atom stereocenters. The van der Waals surface area contributed by atoms with Crippen LogP contribution in [0.4, 0.5) is 0 Å². The maximum absolute atomic E-state index is 12.7. The maximum atomic E-state index is 12.7. The van der Waals surface area contributed by atoms with Crippen LogP contribution < -0.4 is 48.7 Å². The summed E-state index contributed by atoms with van der Waals surface area (Å²) in [4.78, 5) is 108. The van der Waals surface area contributed by atoms with Crippen LogP contribution in [0.1, 0.15) is 34.1 Å². The van der Waals surface area contributed by atoms with Crippen molar-refractivity contribution in [3.63, 3.8) is 0 Å². The minimum absolute atomic E-state index is 0.0584. The molecule has 0 aromatic rings. The maximum Gasteiger partial charge on any atom is 0.244 e. The van der Waals surface area contributed by atoms with Crippen molar-refractivity contribution < 1.29 is 43.2 Å². The second-order valence-corrected chi connectivity index (χ2v) is 11.6. The number of carbonyl (C=O) groups is 9. The Hall–Kier alpha value is -3.98. The van der Waals surface area contributed by atoms with Gasteiger partial charge >= 0.3 is 0 Å². The predicted octanol–water partition coefficient (Wildman–Crippen LogP) is -4.44. The third-order valence-electron chi connectivity index (χ3n) is 5.85. The van der Waals surface area contributed by atoms with Gasteiger partial charge in [0.05, 0.1) is 12.3 Å². The Morgan fingerprint density at radius 3 is 1.51 bits per heavy atom. The Bertz CT molecular complexity index is 1210. The molecule has 0 saturated carbocycles. The Morgan fingerprint density at radius 2 is 1.06 bits per heavy atom. The first-order valence-corrected chi connectivity index (χ1v) is 16.4. The van der Waals surface area contributed by atoms with Gasteiger partial charge in [0.1, 0.15) is 36.3 Å². The molecule has 9 amide bonds. The molecule has 0 aliphatic rings. The number of nitrogens with two attached hydrogens (primary N) is 2.